The molecule has 2 aromatic heterocycles. The van der Waals surface area contributed by atoms with E-state index in [1.807, 2.05) is 72.8 Å². The second kappa shape index (κ2) is 13.8. The van der Waals surface area contributed by atoms with Gasteiger partial charge in [-0.25, -0.2) is 15.0 Å². The highest BCUT2D eigenvalue weighted by atomic mass is 15.2. The molecule has 260 valence electrons. The summed E-state index contributed by atoms with van der Waals surface area (Å²) >= 11 is 0. The maximum absolute atomic E-state index is 5.24. The van der Waals surface area contributed by atoms with Crippen molar-refractivity contribution in [2.45, 2.75) is 6.17 Å². The van der Waals surface area contributed by atoms with Gasteiger partial charge >= 0.3 is 0 Å². The number of benzene rings is 7. The van der Waals surface area contributed by atoms with E-state index in [-0.39, 0.29) is 6.17 Å². The topological polar surface area (TPSA) is 80.4 Å². The van der Waals surface area contributed by atoms with Crippen LogP contribution in [0.3, 0.4) is 0 Å². The van der Waals surface area contributed by atoms with Crippen molar-refractivity contribution < 1.29 is 0 Å². The molecule has 1 atom stereocenters. The molecule has 0 bridgehead atoms. The van der Waals surface area contributed by atoms with Gasteiger partial charge in [0.05, 0.1) is 11.0 Å². The van der Waals surface area contributed by atoms with Crippen molar-refractivity contribution in [3.05, 3.63) is 205 Å². The van der Waals surface area contributed by atoms with Gasteiger partial charge in [0.2, 0.25) is 5.95 Å². The van der Waals surface area contributed by atoms with Gasteiger partial charge in [-0.05, 0) is 28.8 Å². The molecule has 9 aromatic rings. The van der Waals surface area contributed by atoms with Crippen molar-refractivity contribution >= 4 is 33.5 Å². The highest BCUT2D eigenvalue weighted by Crippen LogP contribution is 2.35. The number of para-hydroxylation sites is 2. The number of aliphatic imine (C=N–C) groups is 2. The molecule has 0 aliphatic carbocycles. The zero-order valence-corrected chi connectivity index (χ0v) is 29.7. The molecule has 7 nitrogen and oxygen atoms in total. The minimum atomic E-state index is -0.343. The standard InChI is InChI=1S/C48H33N7/c1-5-16-32(17-6-1)33-28-30-37(31-29-33)46-50-45(36-22-11-4-12-23-36)53-48(54-46)55-41-27-14-13-24-38(41)39-25-15-26-40(42(39)55)47-51-43(34-18-7-2-8-19-34)49-44(52-47)35-20-9-3-10-21-35/h1-31,43H,(H,49,51,52). The predicted octanol–water partition coefficient (Wildman–Crippen LogP) is 10.5. The van der Waals surface area contributed by atoms with Crippen LogP contribution >= 0.6 is 0 Å². The van der Waals surface area contributed by atoms with Crippen molar-refractivity contribution in [2.75, 3.05) is 0 Å². The van der Waals surface area contributed by atoms with E-state index in [1.54, 1.807) is 0 Å². The first kappa shape index (κ1) is 32.2. The first-order valence-corrected chi connectivity index (χ1v) is 18.3. The molecule has 7 aromatic carbocycles. The summed E-state index contributed by atoms with van der Waals surface area (Å²) in [6.07, 6.45) is -0.343. The maximum Gasteiger partial charge on any atom is 0.238 e. The Morgan fingerprint density at radius 3 is 1.65 bits per heavy atom. The SMILES string of the molecule is c1ccc(C2=NC(c3ccccc3)NC(c3cccc4c5ccccc5n(-c5nc(-c6ccccc6)nc(-c6ccc(-c7ccccc7)cc6)n5)c34)=N2)cc1. The largest absolute Gasteiger partial charge is 0.344 e. The number of nitrogens with one attached hydrogen (secondary N) is 1. The first-order chi connectivity index (χ1) is 27.3. The molecular weight excluding hydrogens is 675 g/mol. The molecule has 0 amide bonds. The quantitative estimate of drug-likeness (QED) is 0.179. The van der Waals surface area contributed by atoms with Crippen molar-refractivity contribution in [2.24, 2.45) is 9.98 Å². The van der Waals surface area contributed by atoms with E-state index in [9.17, 15) is 0 Å². The van der Waals surface area contributed by atoms with Gasteiger partial charge in [0, 0.05) is 33.0 Å². The second-order valence-corrected chi connectivity index (χ2v) is 13.4. The molecule has 1 aliphatic heterocycles. The van der Waals surface area contributed by atoms with E-state index in [2.05, 4.69) is 125 Å². The third kappa shape index (κ3) is 6.03. The Kier molecular flexibility index (Phi) is 8.07. The Morgan fingerprint density at radius 2 is 0.964 bits per heavy atom. The van der Waals surface area contributed by atoms with Crippen molar-refractivity contribution in [3.63, 3.8) is 0 Å². The summed E-state index contributed by atoms with van der Waals surface area (Å²) in [5.74, 6) is 3.07. The molecule has 0 spiro atoms. The highest BCUT2D eigenvalue weighted by molar-refractivity contribution is 6.21. The fourth-order valence-corrected chi connectivity index (χ4v) is 7.28. The van der Waals surface area contributed by atoms with Gasteiger partial charge in [0.1, 0.15) is 12.0 Å². The van der Waals surface area contributed by atoms with E-state index < -0.39 is 0 Å². The molecule has 1 aliphatic rings. The van der Waals surface area contributed by atoms with E-state index >= 15 is 0 Å². The van der Waals surface area contributed by atoms with Gasteiger partial charge in [-0.1, -0.05) is 176 Å². The Balaban J connectivity index is 1.20. The third-order valence-electron chi connectivity index (χ3n) is 9.95. The number of aromatic nitrogens is 4. The lowest BCUT2D eigenvalue weighted by Gasteiger charge is -2.24. The number of hydrogen-bond acceptors (Lipinski definition) is 6. The monoisotopic (exact) mass is 707 g/mol. The van der Waals surface area contributed by atoms with Crippen LogP contribution in [0.5, 0.6) is 0 Å². The Hall–Kier alpha value is -7.51. The van der Waals surface area contributed by atoms with Crippen LogP contribution in [0.25, 0.3) is 61.7 Å². The van der Waals surface area contributed by atoms with Crippen LogP contribution in [0.4, 0.5) is 0 Å². The van der Waals surface area contributed by atoms with Crippen molar-refractivity contribution in [1.82, 2.24) is 24.8 Å². The minimum absolute atomic E-state index is 0.343. The maximum atomic E-state index is 5.24. The van der Waals surface area contributed by atoms with E-state index in [4.69, 9.17) is 24.9 Å². The van der Waals surface area contributed by atoms with Crippen LogP contribution in [0.1, 0.15) is 22.9 Å². The normalized spacial score (nSPS) is 14.0. The van der Waals surface area contributed by atoms with Crippen LogP contribution < -0.4 is 5.32 Å². The minimum Gasteiger partial charge on any atom is -0.344 e. The first-order valence-electron chi connectivity index (χ1n) is 18.3. The molecule has 1 unspecified atom stereocenters. The van der Waals surface area contributed by atoms with Crippen LogP contribution in [-0.2, 0) is 0 Å². The van der Waals surface area contributed by atoms with Crippen LogP contribution in [-0.4, -0.2) is 31.2 Å². The average molecular weight is 708 g/mol. The van der Waals surface area contributed by atoms with Gasteiger partial charge in [-0.15, -0.1) is 0 Å². The van der Waals surface area contributed by atoms with Crippen molar-refractivity contribution in [3.8, 4) is 39.9 Å². The second-order valence-electron chi connectivity index (χ2n) is 13.4. The molecule has 55 heavy (non-hydrogen) atoms. The van der Waals surface area contributed by atoms with E-state index in [1.165, 1.54) is 0 Å². The average Bonchev–Trinajstić information content (AvgIpc) is 3.62. The van der Waals surface area contributed by atoms with Crippen LogP contribution in [0.2, 0.25) is 0 Å². The molecule has 7 heteroatoms. The number of rotatable bonds is 7. The summed E-state index contributed by atoms with van der Waals surface area (Å²) < 4.78 is 2.16. The lowest BCUT2D eigenvalue weighted by molar-refractivity contribution is 0.674. The van der Waals surface area contributed by atoms with E-state index in [0.29, 0.717) is 29.3 Å². The third-order valence-corrected chi connectivity index (χ3v) is 9.95. The summed E-state index contributed by atoms with van der Waals surface area (Å²) in [6, 6.07) is 64.1. The fraction of sp³-hybridized carbons (Fsp3) is 0.0208. The summed E-state index contributed by atoms with van der Waals surface area (Å²) in [6.45, 7) is 0. The molecule has 0 saturated carbocycles. The zero-order chi connectivity index (χ0) is 36.6. The van der Waals surface area contributed by atoms with Crippen LogP contribution in [0.15, 0.2) is 198 Å². The number of hydrogen-bond donors (Lipinski definition) is 1. The smallest absolute Gasteiger partial charge is 0.238 e. The lowest BCUT2D eigenvalue weighted by atomic mass is 10.0. The van der Waals surface area contributed by atoms with Gasteiger partial charge in [0.15, 0.2) is 17.5 Å². The van der Waals surface area contributed by atoms with Gasteiger partial charge in [-0.3, -0.25) is 4.57 Å². The summed E-state index contributed by atoms with van der Waals surface area (Å²) in [7, 11) is 0. The summed E-state index contributed by atoms with van der Waals surface area (Å²) in [4.78, 5) is 25.8. The van der Waals surface area contributed by atoms with Gasteiger partial charge in [-0.2, -0.15) is 9.97 Å². The Bertz CT molecular complexity index is 2870. The lowest BCUT2D eigenvalue weighted by Crippen LogP contribution is -2.34. The zero-order valence-electron chi connectivity index (χ0n) is 29.7. The van der Waals surface area contributed by atoms with Gasteiger partial charge in [0.25, 0.3) is 0 Å². The highest BCUT2D eigenvalue weighted by Gasteiger charge is 2.26. The number of amidine groups is 2. The van der Waals surface area contributed by atoms with Crippen LogP contribution in [0, 0.1) is 0 Å². The molecular formula is C48H33N7. The van der Waals surface area contributed by atoms with E-state index in [0.717, 1.165) is 60.8 Å². The number of fused-ring (bicyclic) bond motifs is 3. The molecule has 0 saturated heterocycles. The Morgan fingerprint density at radius 1 is 0.436 bits per heavy atom. The molecule has 0 radical (unpaired) electrons. The summed E-state index contributed by atoms with van der Waals surface area (Å²) in [5.41, 5.74) is 8.90. The number of nitrogens with zero attached hydrogens (tertiary/aromatic N) is 6. The summed E-state index contributed by atoms with van der Waals surface area (Å²) in [5, 5.41) is 5.84. The molecule has 10 rings (SSSR count). The van der Waals surface area contributed by atoms with Crippen molar-refractivity contribution in [1.29, 1.82) is 0 Å². The molecule has 3 heterocycles. The van der Waals surface area contributed by atoms with Gasteiger partial charge < -0.3 is 5.32 Å². The molecule has 0 fully saturated rings. The predicted molar refractivity (Wildman–Crippen MR) is 222 cm³/mol. The fourth-order valence-electron chi connectivity index (χ4n) is 7.28. The molecule has 1 N–H and O–H groups in total. The Labute approximate surface area is 318 Å².